The minimum Gasteiger partial charge on any atom is -0.373 e. The van der Waals surface area contributed by atoms with E-state index in [-0.39, 0.29) is 35.6 Å². The van der Waals surface area contributed by atoms with Crippen molar-refractivity contribution in [3.05, 3.63) is 47.0 Å². The van der Waals surface area contributed by atoms with E-state index in [2.05, 4.69) is 47.8 Å². The van der Waals surface area contributed by atoms with Crippen LogP contribution in [0.4, 0.5) is 0 Å². The van der Waals surface area contributed by atoms with Crippen molar-refractivity contribution in [3.8, 4) is 0 Å². The molecule has 0 saturated carbocycles. The van der Waals surface area contributed by atoms with Gasteiger partial charge in [-0.2, -0.15) is 0 Å². The second kappa shape index (κ2) is 10.5. The molecule has 0 spiro atoms. The van der Waals surface area contributed by atoms with Gasteiger partial charge in [0.05, 0.1) is 24.8 Å². The summed E-state index contributed by atoms with van der Waals surface area (Å²) in [6.45, 7) is 13.7. The van der Waals surface area contributed by atoms with Gasteiger partial charge in [0.25, 0.3) is 0 Å². The number of rotatable bonds is 6. The van der Waals surface area contributed by atoms with Crippen molar-refractivity contribution in [1.82, 2.24) is 10.2 Å². The van der Waals surface area contributed by atoms with Crippen LogP contribution in [0.1, 0.15) is 32.4 Å². The first-order valence-corrected chi connectivity index (χ1v) is 8.96. The molecule has 1 fully saturated rings. The van der Waals surface area contributed by atoms with Gasteiger partial charge in [-0.3, -0.25) is 9.89 Å². The zero-order valence-corrected chi connectivity index (χ0v) is 18.9. The maximum atomic E-state index is 6.05. The van der Waals surface area contributed by atoms with Crippen molar-refractivity contribution in [2.75, 3.05) is 32.8 Å². The number of morpholine rings is 1. The molecule has 0 radical (unpaired) electrons. The lowest BCUT2D eigenvalue weighted by Crippen LogP contribution is -2.50. The van der Waals surface area contributed by atoms with Crippen molar-refractivity contribution in [2.45, 2.75) is 32.4 Å². The van der Waals surface area contributed by atoms with Gasteiger partial charge in [-0.05, 0) is 38.5 Å². The molecular formula is C19H30ClIN4O. The Bertz CT molecular complexity index is 618. The molecule has 0 aromatic heterocycles. The van der Waals surface area contributed by atoms with E-state index < -0.39 is 0 Å². The van der Waals surface area contributed by atoms with E-state index in [1.807, 2.05) is 19.1 Å². The number of hydrogen-bond acceptors (Lipinski definition) is 3. The van der Waals surface area contributed by atoms with Crippen molar-refractivity contribution in [1.29, 1.82) is 0 Å². The molecule has 0 bridgehead atoms. The molecule has 1 atom stereocenters. The first-order chi connectivity index (χ1) is 11.8. The Kier molecular flexibility index (Phi) is 9.36. The van der Waals surface area contributed by atoms with E-state index in [1.165, 1.54) is 5.56 Å². The smallest absolute Gasteiger partial charge is 0.188 e. The van der Waals surface area contributed by atoms with Gasteiger partial charge in [0.1, 0.15) is 0 Å². The van der Waals surface area contributed by atoms with Crippen LogP contribution in [-0.2, 0) is 4.74 Å². The number of ether oxygens (including phenoxy) is 1. The lowest BCUT2D eigenvalue weighted by molar-refractivity contribution is -0.0967. The highest BCUT2D eigenvalue weighted by molar-refractivity contribution is 14.0. The third-order valence-electron chi connectivity index (χ3n) is 4.16. The van der Waals surface area contributed by atoms with E-state index in [0.29, 0.717) is 25.7 Å². The molecule has 1 aliphatic heterocycles. The lowest BCUT2D eigenvalue weighted by Gasteiger charge is -2.42. The summed E-state index contributed by atoms with van der Waals surface area (Å²) in [6, 6.07) is 8.08. The number of guanidine groups is 1. The Morgan fingerprint density at radius 2 is 2.08 bits per heavy atom. The molecule has 26 heavy (non-hydrogen) atoms. The Balaban J connectivity index is 0.00000338. The molecule has 1 aliphatic rings. The number of nitrogens with zero attached hydrogens (tertiary/aromatic N) is 2. The van der Waals surface area contributed by atoms with Crippen LogP contribution in [0.2, 0.25) is 5.02 Å². The van der Waals surface area contributed by atoms with Crippen molar-refractivity contribution in [2.24, 2.45) is 10.7 Å². The zero-order chi connectivity index (χ0) is 18.4. The van der Waals surface area contributed by atoms with Crippen LogP contribution < -0.4 is 11.1 Å². The standard InChI is InChI=1S/C19H29ClN4O.HI/c1-14(2)11-22-18(21)23-12-17(15-5-7-16(20)8-6-15)24-9-10-25-19(3,4)13-24;/h5-8,17H,1,9-13H2,2-4H3,(H3,21,22,23);1H. The highest BCUT2D eigenvalue weighted by Gasteiger charge is 2.32. The third-order valence-corrected chi connectivity index (χ3v) is 4.41. The van der Waals surface area contributed by atoms with Gasteiger partial charge < -0.3 is 15.8 Å². The predicted molar refractivity (Wildman–Crippen MR) is 121 cm³/mol. The summed E-state index contributed by atoms with van der Waals surface area (Å²) in [5.74, 6) is 0.439. The number of benzene rings is 1. The van der Waals surface area contributed by atoms with Crippen LogP contribution in [0.5, 0.6) is 0 Å². The average Bonchev–Trinajstić information content (AvgIpc) is 2.54. The summed E-state index contributed by atoms with van der Waals surface area (Å²) in [5, 5.41) is 3.81. The molecule has 7 heteroatoms. The minimum absolute atomic E-state index is 0. The maximum absolute atomic E-state index is 6.05. The fourth-order valence-electron chi connectivity index (χ4n) is 2.92. The SMILES string of the molecule is C=C(C)CNC(N)=NCC(c1ccc(Cl)cc1)N1CCOC(C)(C)C1.I. The van der Waals surface area contributed by atoms with Gasteiger partial charge in [0, 0.05) is 24.7 Å². The Morgan fingerprint density at radius 3 is 2.65 bits per heavy atom. The van der Waals surface area contributed by atoms with Gasteiger partial charge in [-0.1, -0.05) is 35.9 Å². The highest BCUT2D eigenvalue weighted by Crippen LogP contribution is 2.28. The Morgan fingerprint density at radius 1 is 1.42 bits per heavy atom. The van der Waals surface area contributed by atoms with Crippen LogP contribution >= 0.6 is 35.6 Å². The Labute approximate surface area is 179 Å². The average molecular weight is 493 g/mol. The number of halogens is 2. The second-order valence-electron chi connectivity index (χ2n) is 7.18. The van der Waals surface area contributed by atoms with Gasteiger partial charge in [-0.15, -0.1) is 24.0 Å². The molecule has 1 unspecified atom stereocenters. The second-order valence-corrected chi connectivity index (χ2v) is 7.62. The van der Waals surface area contributed by atoms with Crippen LogP contribution in [0.15, 0.2) is 41.4 Å². The maximum Gasteiger partial charge on any atom is 0.188 e. The summed E-state index contributed by atoms with van der Waals surface area (Å²) in [4.78, 5) is 6.95. The molecule has 1 aromatic carbocycles. The van der Waals surface area contributed by atoms with Crippen molar-refractivity contribution in [3.63, 3.8) is 0 Å². The summed E-state index contributed by atoms with van der Waals surface area (Å²) in [7, 11) is 0. The van der Waals surface area contributed by atoms with Gasteiger partial charge in [0.15, 0.2) is 5.96 Å². The summed E-state index contributed by atoms with van der Waals surface area (Å²) < 4.78 is 5.85. The van der Waals surface area contributed by atoms with Crippen LogP contribution in [-0.4, -0.2) is 49.2 Å². The lowest BCUT2D eigenvalue weighted by atomic mass is 10.0. The predicted octanol–water partition coefficient (Wildman–Crippen LogP) is 3.59. The largest absolute Gasteiger partial charge is 0.373 e. The van der Waals surface area contributed by atoms with Gasteiger partial charge in [0.2, 0.25) is 0 Å². The van der Waals surface area contributed by atoms with E-state index in [4.69, 9.17) is 22.1 Å². The normalized spacial score (nSPS) is 18.7. The summed E-state index contributed by atoms with van der Waals surface area (Å²) in [6.07, 6.45) is 0. The monoisotopic (exact) mass is 492 g/mol. The van der Waals surface area contributed by atoms with E-state index >= 15 is 0 Å². The van der Waals surface area contributed by atoms with E-state index in [1.54, 1.807) is 0 Å². The summed E-state index contributed by atoms with van der Waals surface area (Å²) in [5.41, 5.74) is 8.01. The molecule has 3 N–H and O–H groups in total. The first-order valence-electron chi connectivity index (χ1n) is 8.58. The van der Waals surface area contributed by atoms with Crippen molar-refractivity contribution >= 4 is 41.5 Å². The third kappa shape index (κ3) is 7.42. The molecule has 5 nitrogen and oxygen atoms in total. The first kappa shape index (κ1) is 23.2. The van der Waals surface area contributed by atoms with Crippen LogP contribution in [0.3, 0.4) is 0 Å². The number of nitrogens with one attached hydrogen (secondary N) is 1. The van der Waals surface area contributed by atoms with Gasteiger partial charge >= 0.3 is 0 Å². The minimum atomic E-state index is -0.170. The van der Waals surface area contributed by atoms with Crippen LogP contribution in [0, 0.1) is 0 Å². The fraction of sp³-hybridized carbons (Fsp3) is 0.526. The summed E-state index contributed by atoms with van der Waals surface area (Å²) >= 11 is 6.05. The molecule has 1 heterocycles. The molecule has 146 valence electrons. The zero-order valence-electron chi connectivity index (χ0n) is 15.8. The number of nitrogens with two attached hydrogens (primary N) is 1. The van der Waals surface area contributed by atoms with Crippen molar-refractivity contribution < 1.29 is 4.74 Å². The van der Waals surface area contributed by atoms with E-state index in [9.17, 15) is 0 Å². The van der Waals surface area contributed by atoms with E-state index in [0.717, 1.165) is 23.7 Å². The van der Waals surface area contributed by atoms with Crippen LogP contribution in [0.25, 0.3) is 0 Å². The number of hydrogen-bond donors (Lipinski definition) is 2. The highest BCUT2D eigenvalue weighted by atomic mass is 127. The molecule has 1 saturated heterocycles. The molecular weight excluding hydrogens is 463 g/mol. The number of aliphatic imine (C=N–C) groups is 1. The molecule has 1 aromatic rings. The topological polar surface area (TPSA) is 62.9 Å². The molecule has 0 amide bonds. The quantitative estimate of drug-likeness (QED) is 0.276. The fourth-order valence-corrected chi connectivity index (χ4v) is 3.04. The Hall–Kier alpha value is -0.830. The molecule has 0 aliphatic carbocycles. The van der Waals surface area contributed by atoms with Gasteiger partial charge in [-0.25, -0.2) is 0 Å². The molecule has 2 rings (SSSR count).